The molecule has 0 saturated carbocycles. The Hall–Kier alpha value is -2.54. The van der Waals surface area contributed by atoms with E-state index in [0.29, 0.717) is 12.2 Å². The van der Waals surface area contributed by atoms with Gasteiger partial charge in [0, 0.05) is 26.2 Å². The molecule has 0 spiro atoms. The van der Waals surface area contributed by atoms with Crippen LogP contribution in [0.15, 0.2) is 58.3 Å². The van der Waals surface area contributed by atoms with Gasteiger partial charge in [-0.2, -0.15) is 9.03 Å². The molecule has 33 heavy (non-hydrogen) atoms. The average molecular weight is 500 g/mol. The maximum Gasteiger partial charge on any atom is 0.243 e. The van der Waals surface area contributed by atoms with Crippen LogP contribution >= 0.6 is 0 Å². The van der Waals surface area contributed by atoms with Crippen molar-refractivity contribution in [1.29, 1.82) is 0 Å². The first-order valence-electron chi connectivity index (χ1n) is 10.3. The van der Waals surface area contributed by atoms with Crippen LogP contribution in [0.4, 0.5) is 4.39 Å². The minimum absolute atomic E-state index is 0.00428. The van der Waals surface area contributed by atoms with Crippen LogP contribution in [-0.2, 0) is 24.8 Å². The molecule has 1 N–H and O–H groups in total. The number of carbonyl (C=O) groups excluding carboxylic acids is 1. The van der Waals surface area contributed by atoms with Gasteiger partial charge in [-0.05, 0) is 61.9 Å². The topological polar surface area (TPSA) is 113 Å². The highest BCUT2D eigenvalue weighted by Gasteiger charge is 2.31. The first-order valence-corrected chi connectivity index (χ1v) is 13.2. The third-order valence-electron chi connectivity index (χ3n) is 5.29. The fourth-order valence-corrected chi connectivity index (χ4v) is 6.16. The van der Waals surface area contributed by atoms with E-state index in [1.807, 2.05) is 0 Å². The molecule has 1 aliphatic rings. The van der Waals surface area contributed by atoms with E-state index in [2.05, 4.69) is 4.72 Å². The highest BCUT2D eigenvalue weighted by Crippen LogP contribution is 2.19. The summed E-state index contributed by atoms with van der Waals surface area (Å²) in [6, 6.07) is 9.29. The zero-order valence-corrected chi connectivity index (χ0v) is 19.9. The lowest BCUT2D eigenvalue weighted by Crippen LogP contribution is -2.48. The number of benzene rings is 2. The molecule has 0 unspecified atom stereocenters. The minimum Gasteiger partial charge on any atom is -0.497 e. The molecule has 180 valence electrons. The van der Waals surface area contributed by atoms with Gasteiger partial charge in [0.2, 0.25) is 26.0 Å². The Morgan fingerprint density at radius 1 is 0.939 bits per heavy atom. The molecule has 12 heteroatoms. The van der Waals surface area contributed by atoms with Crippen LogP contribution in [0, 0.1) is 5.82 Å². The van der Waals surface area contributed by atoms with E-state index in [1.54, 1.807) is 0 Å². The van der Waals surface area contributed by atoms with E-state index in [1.165, 1.54) is 59.6 Å². The Morgan fingerprint density at radius 2 is 1.55 bits per heavy atom. The molecule has 0 radical (unpaired) electrons. The SMILES string of the molecule is COc1ccc(S(=O)(=O)N[C@@H](C)C(=O)N2CCCN(S(=O)(=O)c3ccc(F)cc3)CC2)cc1. The van der Waals surface area contributed by atoms with Crippen molar-refractivity contribution in [2.24, 2.45) is 0 Å². The lowest BCUT2D eigenvalue weighted by Gasteiger charge is -2.25. The maximum absolute atomic E-state index is 13.2. The number of amides is 1. The van der Waals surface area contributed by atoms with Crippen LogP contribution < -0.4 is 9.46 Å². The summed E-state index contributed by atoms with van der Waals surface area (Å²) in [5.74, 6) is -0.483. The van der Waals surface area contributed by atoms with Crippen molar-refractivity contribution < 1.29 is 30.8 Å². The number of nitrogens with one attached hydrogen (secondary N) is 1. The maximum atomic E-state index is 13.2. The van der Waals surface area contributed by atoms with Crippen LogP contribution in [0.1, 0.15) is 13.3 Å². The van der Waals surface area contributed by atoms with Crippen molar-refractivity contribution in [2.45, 2.75) is 29.2 Å². The predicted molar refractivity (Wildman–Crippen MR) is 119 cm³/mol. The molecule has 9 nitrogen and oxygen atoms in total. The van der Waals surface area contributed by atoms with Crippen LogP contribution in [0.5, 0.6) is 5.75 Å². The normalized spacial score (nSPS) is 16.8. The molecule has 1 fully saturated rings. The van der Waals surface area contributed by atoms with Crippen LogP contribution in [-0.4, -0.2) is 71.3 Å². The van der Waals surface area contributed by atoms with E-state index in [-0.39, 0.29) is 36.0 Å². The molecule has 1 atom stereocenters. The van der Waals surface area contributed by atoms with E-state index in [0.717, 1.165) is 12.1 Å². The second-order valence-corrected chi connectivity index (χ2v) is 11.2. The third-order valence-corrected chi connectivity index (χ3v) is 8.76. The standard InChI is InChI=1S/C21H26FN3O6S2/c1-16(23-32(27,28)19-10-6-18(31-2)7-11-19)21(26)24-12-3-13-25(15-14-24)33(29,30)20-8-4-17(22)5-9-20/h4-11,16,23H,3,12-15H2,1-2H3/t16-/m0/s1. The fraction of sp³-hybridized carbons (Fsp3) is 0.381. The molecule has 0 aliphatic carbocycles. The lowest BCUT2D eigenvalue weighted by molar-refractivity contribution is -0.132. The summed E-state index contributed by atoms with van der Waals surface area (Å²) in [6.07, 6.45) is 0.379. The van der Waals surface area contributed by atoms with E-state index in [4.69, 9.17) is 4.74 Å². The van der Waals surface area contributed by atoms with Gasteiger partial charge in [0.25, 0.3) is 0 Å². The van der Waals surface area contributed by atoms with Gasteiger partial charge in [0.05, 0.1) is 22.9 Å². The molecule has 1 saturated heterocycles. The highest BCUT2D eigenvalue weighted by molar-refractivity contribution is 7.89. The molecule has 0 bridgehead atoms. The van der Waals surface area contributed by atoms with E-state index in [9.17, 15) is 26.0 Å². The number of hydrogen-bond donors (Lipinski definition) is 1. The fourth-order valence-electron chi connectivity index (χ4n) is 3.49. The molecule has 1 amide bonds. The minimum atomic E-state index is -3.94. The van der Waals surface area contributed by atoms with Gasteiger partial charge in [0.15, 0.2) is 0 Å². The Labute approximate surface area is 193 Å². The van der Waals surface area contributed by atoms with Gasteiger partial charge >= 0.3 is 0 Å². The summed E-state index contributed by atoms with van der Waals surface area (Å²) >= 11 is 0. The highest BCUT2D eigenvalue weighted by atomic mass is 32.2. The number of sulfonamides is 2. The first-order chi connectivity index (χ1) is 15.5. The van der Waals surface area contributed by atoms with Gasteiger partial charge in [-0.25, -0.2) is 21.2 Å². The van der Waals surface area contributed by atoms with Crippen molar-refractivity contribution in [3.05, 3.63) is 54.3 Å². The van der Waals surface area contributed by atoms with Crippen LogP contribution in [0.2, 0.25) is 0 Å². The number of methoxy groups -OCH3 is 1. The Balaban J connectivity index is 1.65. The molecular formula is C21H26FN3O6S2. The van der Waals surface area contributed by atoms with Crippen molar-refractivity contribution in [1.82, 2.24) is 13.9 Å². The lowest BCUT2D eigenvalue weighted by atomic mass is 10.3. The number of hydrogen-bond acceptors (Lipinski definition) is 6. The van der Waals surface area contributed by atoms with Gasteiger partial charge in [0.1, 0.15) is 11.6 Å². The quantitative estimate of drug-likeness (QED) is 0.617. The van der Waals surface area contributed by atoms with Crippen molar-refractivity contribution >= 4 is 26.0 Å². The van der Waals surface area contributed by atoms with Gasteiger partial charge < -0.3 is 9.64 Å². The van der Waals surface area contributed by atoms with Gasteiger partial charge in [-0.15, -0.1) is 0 Å². The Kier molecular flexibility index (Phi) is 7.73. The molecular weight excluding hydrogens is 473 g/mol. The zero-order chi connectivity index (χ0) is 24.2. The van der Waals surface area contributed by atoms with Crippen LogP contribution in [0.25, 0.3) is 0 Å². The summed E-state index contributed by atoms with van der Waals surface area (Å²) in [6.45, 7) is 2.07. The smallest absolute Gasteiger partial charge is 0.243 e. The average Bonchev–Trinajstić information content (AvgIpc) is 3.05. The first kappa shape index (κ1) is 25.1. The summed E-state index contributed by atoms with van der Waals surface area (Å²) in [5, 5.41) is 0. The zero-order valence-electron chi connectivity index (χ0n) is 18.3. The number of halogens is 1. The molecule has 1 aliphatic heterocycles. The summed E-state index contributed by atoms with van der Waals surface area (Å²) in [7, 11) is -6.31. The van der Waals surface area contributed by atoms with E-state index < -0.39 is 37.8 Å². The number of rotatable bonds is 7. The third kappa shape index (κ3) is 5.88. The van der Waals surface area contributed by atoms with Crippen molar-refractivity contribution in [3.8, 4) is 5.75 Å². The summed E-state index contributed by atoms with van der Waals surface area (Å²) < 4.78 is 72.7. The summed E-state index contributed by atoms with van der Waals surface area (Å²) in [4.78, 5) is 14.3. The van der Waals surface area contributed by atoms with Gasteiger partial charge in [-0.1, -0.05) is 0 Å². The molecule has 2 aromatic rings. The summed E-state index contributed by atoms with van der Waals surface area (Å²) in [5.41, 5.74) is 0. The predicted octanol–water partition coefficient (Wildman–Crippen LogP) is 1.42. The van der Waals surface area contributed by atoms with Gasteiger partial charge in [-0.3, -0.25) is 4.79 Å². The Bertz CT molecular complexity index is 1190. The second kappa shape index (κ2) is 10.2. The monoisotopic (exact) mass is 499 g/mol. The largest absolute Gasteiger partial charge is 0.497 e. The molecule has 2 aromatic carbocycles. The molecule has 3 rings (SSSR count). The number of carbonyl (C=O) groups is 1. The van der Waals surface area contributed by atoms with Crippen molar-refractivity contribution in [3.63, 3.8) is 0 Å². The van der Waals surface area contributed by atoms with Crippen molar-refractivity contribution in [2.75, 3.05) is 33.3 Å². The second-order valence-electron chi connectivity index (χ2n) is 7.56. The van der Waals surface area contributed by atoms with E-state index >= 15 is 0 Å². The molecule has 0 aromatic heterocycles. The van der Waals surface area contributed by atoms with Crippen LogP contribution in [0.3, 0.4) is 0 Å². The Morgan fingerprint density at radius 3 is 2.15 bits per heavy atom. The molecule has 1 heterocycles. The number of nitrogens with zero attached hydrogens (tertiary/aromatic N) is 2. The number of ether oxygens (including phenoxy) is 1.